The average Bonchev–Trinajstić information content (AvgIpc) is 3.18. The summed E-state index contributed by atoms with van der Waals surface area (Å²) in [6, 6.07) is -2.64. The van der Waals surface area contributed by atoms with E-state index in [0.29, 0.717) is 0 Å². The summed E-state index contributed by atoms with van der Waals surface area (Å²) < 4.78 is 27.2. The molecular formula is C22H34N2O16. The van der Waals surface area contributed by atoms with Crippen LogP contribution in [0, 0.1) is 0 Å². The third-order valence-electron chi connectivity index (χ3n) is 6.75. The number of ether oxygens (including phenoxy) is 5. The first kappa shape index (κ1) is 32.0. The molecule has 0 aromatic carbocycles. The lowest BCUT2D eigenvalue weighted by atomic mass is 9.94. The van der Waals surface area contributed by atoms with Gasteiger partial charge >= 0.3 is 11.9 Å². The molecule has 40 heavy (non-hydrogen) atoms. The molecule has 0 radical (unpaired) electrons. The Kier molecular flexibility index (Phi) is 10.4. The van der Waals surface area contributed by atoms with Crippen molar-refractivity contribution in [3.05, 3.63) is 0 Å². The van der Waals surface area contributed by atoms with Crippen molar-refractivity contribution in [3.63, 3.8) is 0 Å². The maximum absolute atomic E-state index is 12.1. The molecule has 2 amide bonds. The minimum Gasteiger partial charge on any atom is -0.479 e. The molecule has 18 heteroatoms. The highest BCUT2D eigenvalue weighted by molar-refractivity contribution is 5.75. The molecular weight excluding hydrogens is 548 g/mol. The molecule has 9 N–H and O–H groups in total. The van der Waals surface area contributed by atoms with Crippen LogP contribution >= 0.6 is 0 Å². The van der Waals surface area contributed by atoms with E-state index in [9.17, 15) is 54.9 Å². The van der Waals surface area contributed by atoms with Crippen LogP contribution < -0.4 is 10.6 Å². The molecule has 228 valence electrons. The minimum absolute atomic E-state index is 0.520. The summed E-state index contributed by atoms with van der Waals surface area (Å²) >= 11 is 0. The predicted octanol–water partition coefficient (Wildman–Crippen LogP) is -5.39. The van der Waals surface area contributed by atoms with E-state index in [0.717, 1.165) is 6.92 Å². The summed E-state index contributed by atoms with van der Waals surface area (Å²) in [4.78, 5) is 46.9. The lowest BCUT2D eigenvalue weighted by Gasteiger charge is -2.47. The fraction of sp³-hybridized carbons (Fsp3) is 0.818. The number of aliphatic hydroxyl groups is 5. The third-order valence-corrected chi connectivity index (χ3v) is 6.75. The maximum atomic E-state index is 12.1. The first-order valence-electron chi connectivity index (χ1n) is 12.3. The number of carbonyl (C=O) groups excluding carboxylic acids is 2. The number of rotatable bonds is 9. The number of nitrogens with one attached hydrogen (secondary N) is 2. The quantitative estimate of drug-likeness (QED) is 0.123. The van der Waals surface area contributed by atoms with Gasteiger partial charge < -0.3 is 70.1 Å². The highest BCUT2D eigenvalue weighted by Crippen LogP contribution is 2.33. The van der Waals surface area contributed by atoms with Crippen molar-refractivity contribution < 1.29 is 78.6 Å². The van der Waals surface area contributed by atoms with Gasteiger partial charge in [0.25, 0.3) is 0 Å². The van der Waals surface area contributed by atoms with E-state index in [1.165, 1.54) is 13.8 Å². The number of hydrogen-bond donors (Lipinski definition) is 9. The molecule has 0 aromatic rings. The molecule has 3 heterocycles. The van der Waals surface area contributed by atoms with Crippen molar-refractivity contribution in [2.75, 3.05) is 6.61 Å². The van der Waals surface area contributed by atoms with Gasteiger partial charge in [-0.15, -0.1) is 0 Å². The van der Waals surface area contributed by atoms with Crippen LogP contribution in [0.4, 0.5) is 0 Å². The topological polar surface area (TPSA) is 280 Å². The first-order chi connectivity index (χ1) is 18.7. The highest BCUT2D eigenvalue weighted by Gasteiger charge is 2.56. The summed E-state index contributed by atoms with van der Waals surface area (Å²) in [6.45, 7) is 2.87. The Hall–Kier alpha value is -2.52. The third kappa shape index (κ3) is 6.68. The van der Waals surface area contributed by atoms with Gasteiger partial charge in [-0.2, -0.15) is 0 Å². The lowest BCUT2D eigenvalue weighted by Crippen LogP contribution is -2.69. The Morgan fingerprint density at radius 1 is 0.700 bits per heavy atom. The molecule has 3 rings (SSSR count). The van der Waals surface area contributed by atoms with Gasteiger partial charge in [0, 0.05) is 13.8 Å². The molecule has 0 unspecified atom stereocenters. The van der Waals surface area contributed by atoms with Crippen LogP contribution in [0.5, 0.6) is 0 Å². The molecule has 3 fully saturated rings. The van der Waals surface area contributed by atoms with E-state index in [-0.39, 0.29) is 0 Å². The summed E-state index contributed by atoms with van der Waals surface area (Å²) in [5, 5.41) is 76.0. The van der Waals surface area contributed by atoms with Crippen LogP contribution in [0.2, 0.25) is 0 Å². The molecule has 0 spiro atoms. The monoisotopic (exact) mass is 582 g/mol. The zero-order valence-corrected chi connectivity index (χ0v) is 21.6. The summed E-state index contributed by atoms with van der Waals surface area (Å²) in [5.74, 6) is -4.53. The first-order valence-corrected chi connectivity index (χ1v) is 12.3. The van der Waals surface area contributed by atoms with Crippen molar-refractivity contribution >= 4 is 23.8 Å². The second kappa shape index (κ2) is 13.0. The van der Waals surface area contributed by atoms with Gasteiger partial charge in [0.15, 0.2) is 24.8 Å². The minimum atomic E-state index is -2.05. The van der Waals surface area contributed by atoms with Crippen molar-refractivity contribution in [2.45, 2.75) is 106 Å². The number of aliphatic carboxylic acids is 2. The SMILES string of the molecule is CC(=O)N[C@@H]1[C@H](O[C@H]2[C@H](O)[C@@H](C(=O)O)O[C@@H]2CO)O[C@H](C(=O)O)[C@@H](O[C@H]2O[C@H](C)[C@H](NC(C)=O)[C@H](O)[C@H]2O)[C@@H]1O. The van der Waals surface area contributed by atoms with Crippen molar-refractivity contribution in [1.29, 1.82) is 0 Å². The molecule has 0 aromatic heterocycles. The van der Waals surface area contributed by atoms with Crippen molar-refractivity contribution in [3.8, 4) is 0 Å². The normalized spacial score (nSPS) is 43.6. The van der Waals surface area contributed by atoms with E-state index >= 15 is 0 Å². The van der Waals surface area contributed by atoms with Crippen LogP contribution in [0.3, 0.4) is 0 Å². The number of carboxylic acid groups (broad SMARTS) is 2. The number of carboxylic acids is 2. The maximum Gasteiger partial charge on any atom is 0.335 e. The Bertz CT molecular complexity index is 952. The van der Waals surface area contributed by atoms with E-state index in [4.69, 9.17) is 23.7 Å². The van der Waals surface area contributed by atoms with Gasteiger partial charge in [0.05, 0.1) is 18.8 Å². The average molecular weight is 583 g/mol. The molecule has 0 aliphatic carbocycles. The van der Waals surface area contributed by atoms with E-state index in [2.05, 4.69) is 10.6 Å². The van der Waals surface area contributed by atoms with Gasteiger partial charge in [-0.1, -0.05) is 0 Å². The van der Waals surface area contributed by atoms with Gasteiger partial charge in [-0.05, 0) is 6.92 Å². The fourth-order valence-corrected chi connectivity index (χ4v) is 4.85. The van der Waals surface area contributed by atoms with Gasteiger partial charge in [0.1, 0.15) is 48.8 Å². The Labute approximate surface area is 226 Å². The molecule has 0 bridgehead atoms. The van der Waals surface area contributed by atoms with Crippen molar-refractivity contribution in [2.24, 2.45) is 0 Å². The van der Waals surface area contributed by atoms with E-state index in [1.807, 2.05) is 0 Å². The number of carbonyl (C=O) groups is 4. The molecule has 3 aliphatic heterocycles. The number of aliphatic hydroxyl groups excluding tert-OH is 5. The highest BCUT2D eigenvalue weighted by atomic mass is 16.7. The van der Waals surface area contributed by atoms with Crippen molar-refractivity contribution in [1.82, 2.24) is 10.6 Å². The summed E-state index contributed by atoms with van der Waals surface area (Å²) in [6.07, 6.45) is -20.4. The summed E-state index contributed by atoms with van der Waals surface area (Å²) in [7, 11) is 0. The zero-order chi connectivity index (χ0) is 30.0. The fourth-order valence-electron chi connectivity index (χ4n) is 4.85. The predicted molar refractivity (Wildman–Crippen MR) is 123 cm³/mol. The van der Waals surface area contributed by atoms with E-state index < -0.39 is 116 Å². The standard InChI is InChI=1S/C22H34N2O16/c1-5-9(23-6(2)26)11(28)13(30)22(36-5)39-16-12(29)10(24-7(3)27)21(40-18(16)20(34)35)38-15-8(4-25)37-17(14(15)31)19(32)33/h5,8-18,21-22,25,28-31H,4H2,1-3H3,(H,23,26)(H,24,27)(H,32,33)(H,34,35)/t5-,8-,9+,10+,11+,12-,13-,14+,15-,16+,17+,18+,21-,22-/m1/s1. The van der Waals surface area contributed by atoms with Crippen LogP contribution in [0.1, 0.15) is 20.8 Å². The largest absolute Gasteiger partial charge is 0.479 e. The second-order valence-electron chi connectivity index (χ2n) is 9.71. The number of hydrogen-bond acceptors (Lipinski definition) is 14. The second-order valence-corrected chi connectivity index (χ2v) is 9.71. The number of amides is 2. The molecule has 3 aliphatic rings. The zero-order valence-electron chi connectivity index (χ0n) is 21.6. The molecule has 0 saturated carbocycles. The smallest absolute Gasteiger partial charge is 0.335 e. The van der Waals surface area contributed by atoms with Gasteiger partial charge in [0.2, 0.25) is 11.8 Å². The van der Waals surface area contributed by atoms with Crippen LogP contribution in [0.25, 0.3) is 0 Å². The van der Waals surface area contributed by atoms with E-state index in [1.54, 1.807) is 0 Å². The van der Waals surface area contributed by atoms with Crippen LogP contribution in [-0.4, -0.2) is 152 Å². The van der Waals surface area contributed by atoms with Gasteiger partial charge in [-0.3, -0.25) is 9.59 Å². The summed E-state index contributed by atoms with van der Waals surface area (Å²) in [5.41, 5.74) is 0. The molecule has 18 nitrogen and oxygen atoms in total. The van der Waals surface area contributed by atoms with Gasteiger partial charge in [-0.25, -0.2) is 9.59 Å². The van der Waals surface area contributed by atoms with Crippen LogP contribution in [0.15, 0.2) is 0 Å². The Morgan fingerprint density at radius 2 is 1.25 bits per heavy atom. The lowest BCUT2D eigenvalue weighted by molar-refractivity contribution is -0.336. The Morgan fingerprint density at radius 3 is 1.77 bits per heavy atom. The van der Waals surface area contributed by atoms with Crippen LogP contribution in [-0.2, 0) is 42.9 Å². The molecule has 3 saturated heterocycles. The Balaban J connectivity index is 1.85. The molecule has 14 atom stereocenters.